The standard InChI is InChI=1S/C19H21N3O3/c20-12-16-10-11-17(25-16)19(24)22-15-8-6-13(7-9-15)18(23)21-14-4-2-1-3-5-14/h1-9,16-17H,10-12,20H2,(H,21,23)(H,22,24)/t16-,17+/m1/s1. The molecule has 0 radical (unpaired) electrons. The number of para-hydroxylation sites is 1. The van der Waals surface area contributed by atoms with Gasteiger partial charge in [-0.25, -0.2) is 0 Å². The lowest BCUT2D eigenvalue weighted by atomic mass is 10.1. The molecule has 1 saturated heterocycles. The second-order valence-corrected chi connectivity index (χ2v) is 5.95. The predicted molar refractivity (Wildman–Crippen MR) is 96.4 cm³/mol. The Morgan fingerprint density at radius 2 is 1.64 bits per heavy atom. The van der Waals surface area contributed by atoms with Crippen LogP contribution in [0.3, 0.4) is 0 Å². The van der Waals surface area contributed by atoms with Crippen LogP contribution in [-0.2, 0) is 9.53 Å². The topological polar surface area (TPSA) is 93.5 Å². The van der Waals surface area contributed by atoms with Crippen molar-refractivity contribution >= 4 is 23.2 Å². The fourth-order valence-corrected chi connectivity index (χ4v) is 2.72. The van der Waals surface area contributed by atoms with Crippen LogP contribution in [0, 0.1) is 0 Å². The van der Waals surface area contributed by atoms with Gasteiger partial charge in [-0.2, -0.15) is 0 Å². The molecule has 6 heteroatoms. The van der Waals surface area contributed by atoms with Crippen LogP contribution in [0.2, 0.25) is 0 Å². The summed E-state index contributed by atoms with van der Waals surface area (Å²) in [7, 11) is 0. The van der Waals surface area contributed by atoms with E-state index in [1.54, 1.807) is 24.3 Å². The Kier molecular flexibility index (Phi) is 5.42. The summed E-state index contributed by atoms with van der Waals surface area (Å²) in [6, 6.07) is 16.0. The summed E-state index contributed by atoms with van der Waals surface area (Å²) in [4.78, 5) is 24.4. The summed E-state index contributed by atoms with van der Waals surface area (Å²) in [6.07, 6.45) is 0.966. The summed E-state index contributed by atoms with van der Waals surface area (Å²) in [6.45, 7) is 0.426. The average molecular weight is 339 g/mol. The Balaban J connectivity index is 1.57. The van der Waals surface area contributed by atoms with E-state index in [2.05, 4.69) is 10.6 Å². The largest absolute Gasteiger partial charge is 0.364 e. The molecule has 2 aromatic carbocycles. The molecule has 1 aliphatic rings. The van der Waals surface area contributed by atoms with Gasteiger partial charge < -0.3 is 21.1 Å². The second-order valence-electron chi connectivity index (χ2n) is 5.95. The van der Waals surface area contributed by atoms with Crippen LogP contribution in [0.4, 0.5) is 11.4 Å². The van der Waals surface area contributed by atoms with E-state index in [0.29, 0.717) is 24.2 Å². The first-order chi connectivity index (χ1) is 12.2. The minimum Gasteiger partial charge on any atom is -0.364 e. The summed E-state index contributed by atoms with van der Waals surface area (Å²) >= 11 is 0. The molecule has 0 bridgehead atoms. The summed E-state index contributed by atoms with van der Waals surface area (Å²) in [5, 5.41) is 5.62. The van der Waals surface area contributed by atoms with Gasteiger partial charge >= 0.3 is 0 Å². The van der Waals surface area contributed by atoms with Gasteiger partial charge in [0.2, 0.25) is 0 Å². The van der Waals surface area contributed by atoms with Crippen LogP contribution in [0.1, 0.15) is 23.2 Å². The summed E-state index contributed by atoms with van der Waals surface area (Å²) in [5.41, 5.74) is 7.43. The smallest absolute Gasteiger partial charge is 0.255 e. The summed E-state index contributed by atoms with van der Waals surface area (Å²) in [5.74, 6) is -0.383. The molecule has 2 aromatic rings. The number of anilines is 2. The molecule has 130 valence electrons. The number of carbonyl (C=O) groups is 2. The van der Waals surface area contributed by atoms with Gasteiger partial charge in [0.15, 0.2) is 0 Å². The van der Waals surface area contributed by atoms with Gasteiger partial charge in [0.1, 0.15) is 6.10 Å². The molecule has 2 atom stereocenters. The lowest BCUT2D eigenvalue weighted by molar-refractivity contribution is -0.126. The predicted octanol–water partition coefficient (Wildman–Crippen LogP) is 2.38. The lowest BCUT2D eigenvalue weighted by Gasteiger charge is -2.13. The normalized spacial score (nSPS) is 19.4. The van der Waals surface area contributed by atoms with Crippen molar-refractivity contribution in [2.24, 2.45) is 5.73 Å². The third kappa shape index (κ3) is 4.43. The number of hydrogen-bond donors (Lipinski definition) is 3. The van der Waals surface area contributed by atoms with Crippen molar-refractivity contribution in [3.63, 3.8) is 0 Å². The van der Waals surface area contributed by atoms with Crippen LogP contribution >= 0.6 is 0 Å². The number of hydrogen-bond acceptors (Lipinski definition) is 4. The molecule has 6 nitrogen and oxygen atoms in total. The van der Waals surface area contributed by atoms with Crippen LogP contribution < -0.4 is 16.4 Å². The number of ether oxygens (including phenoxy) is 1. The zero-order valence-corrected chi connectivity index (χ0v) is 13.8. The lowest BCUT2D eigenvalue weighted by Crippen LogP contribution is -2.29. The molecule has 3 rings (SSSR count). The third-order valence-corrected chi connectivity index (χ3v) is 4.11. The molecule has 0 aromatic heterocycles. The number of amides is 2. The Morgan fingerprint density at radius 1 is 0.960 bits per heavy atom. The van der Waals surface area contributed by atoms with E-state index in [1.165, 1.54) is 0 Å². The van der Waals surface area contributed by atoms with Crippen molar-refractivity contribution in [1.82, 2.24) is 0 Å². The van der Waals surface area contributed by atoms with E-state index in [-0.39, 0.29) is 17.9 Å². The molecule has 0 unspecified atom stereocenters. The number of carbonyl (C=O) groups excluding carboxylic acids is 2. The molecule has 1 fully saturated rings. The Bertz CT molecular complexity index is 731. The highest BCUT2D eigenvalue weighted by molar-refractivity contribution is 6.04. The molecule has 1 aliphatic heterocycles. The highest BCUT2D eigenvalue weighted by atomic mass is 16.5. The van der Waals surface area contributed by atoms with Crippen molar-refractivity contribution in [3.8, 4) is 0 Å². The van der Waals surface area contributed by atoms with Crippen LogP contribution in [-0.4, -0.2) is 30.6 Å². The van der Waals surface area contributed by atoms with Gasteiger partial charge in [0.05, 0.1) is 6.10 Å². The van der Waals surface area contributed by atoms with E-state index < -0.39 is 6.10 Å². The van der Waals surface area contributed by atoms with E-state index in [1.807, 2.05) is 30.3 Å². The zero-order valence-electron chi connectivity index (χ0n) is 13.8. The maximum atomic E-state index is 12.2. The number of nitrogens with one attached hydrogen (secondary N) is 2. The van der Waals surface area contributed by atoms with Gasteiger partial charge in [-0.15, -0.1) is 0 Å². The second kappa shape index (κ2) is 7.92. The van der Waals surface area contributed by atoms with E-state index in [4.69, 9.17) is 10.5 Å². The number of nitrogens with two attached hydrogens (primary N) is 1. The van der Waals surface area contributed by atoms with Crippen LogP contribution in [0.5, 0.6) is 0 Å². The fourth-order valence-electron chi connectivity index (χ4n) is 2.72. The van der Waals surface area contributed by atoms with Gasteiger partial charge in [-0.1, -0.05) is 18.2 Å². The first kappa shape index (κ1) is 17.1. The quantitative estimate of drug-likeness (QED) is 0.780. The summed E-state index contributed by atoms with van der Waals surface area (Å²) < 4.78 is 5.57. The molecule has 0 aliphatic carbocycles. The molecule has 1 heterocycles. The van der Waals surface area contributed by atoms with Crippen LogP contribution in [0.15, 0.2) is 54.6 Å². The van der Waals surface area contributed by atoms with Gasteiger partial charge in [0, 0.05) is 23.5 Å². The Labute approximate surface area is 146 Å². The number of benzene rings is 2. The molecule has 0 saturated carbocycles. The Hall–Kier alpha value is -2.70. The minimum absolute atomic E-state index is 0.0418. The first-order valence-electron chi connectivity index (χ1n) is 8.28. The van der Waals surface area contributed by atoms with Gasteiger partial charge in [-0.3, -0.25) is 9.59 Å². The minimum atomic E-state index is -0.463. The first-order valence-corrected chi connectivity index (χ1v) is 8.28. The van der Waals surface area contributed by atoms with Crippen molar-refractivity contribution < 1.29 is 14.3 Å². The van der Waals surface area contributed by atoms with Gasteiger partial charge in [-0.05, 0) is 49.2 Å². The maximum absolute atomic E-state index is 12.2. The van der Waals surface area contributed by atoms with Crippen molar-refractivity contribution in [2.45, 2.75) is 25.0 Å². The molecule has 0 spiro atoms. The highest BCUT2D eigenvalue weighted by Crippen LogP contribution is 2.21. The molecular weight excluding hydrogens is 318 g/mol. The fraction of sp³-hybridized carbons (Fsp3) is 0.263. The van der Waals surface area contributed by atoms with Crippen molar-refractivity contribution in [1.29, 1.82) is 0 Å². The van der Waals surface area contributed by atoms with E-state index in [9.17, 15) is 9.59 Å². The van der Waals surface area contributed by atoms with Crippen molar-refractivity contribution in [3.05, 3.63) is 60.2 Å². The molecule has 25 heavy (non-hydrogen) atoms. The van der Waals surface area contributed by atoms with E-state index in [0.717, 1.165) is 12.1 Å². The number of rotatable bonds is 5. The van der Waals surface area contributed by atoms with Crippen LogP contribution in [0.25, 0.3) is 0 Å². The van der Waals surface area contributed by atoms with E-state index >= 15 is 0 Å². The molecular formula is C19H21N3O3. The zero-order chi connectivity index (χ0) is 17.6. The third-order valence-electron chi connectivity index (χ3n) is 4.11. The maximum Gasteiger partial charge on any atom is 0.255 e. The van der Waals surface area contributed by atoms with Crippen molar-refractivity contribution in [2.75, 3.05) is 17.2 Å². The van der Waals surface area contributed by atoms with Gasteiger partial charge in [0.25, 0.3) is 11.8 Å². The molecule has 4 N–H and O–H groups in total. The average Bonchev–Trinajstić information content (AvgIpc) is 3.12. The Morgan fingerprint density at radius 3 is 2.28 bits per heavy atom. The monoisotopic (exact) mass is 339 g/mol. The SMILES string of the molecule is NC[C@H]1CC[C@@H](C(=O)Nc2ccc(C(=O)Nc3ccccc3)cc2)O1. The highest BCUT2D eigenvalue weighted by Gasteiger charge is 2.29. The molecule has 2 amide bonds.